The van der Waals surface area contributed by atoms with Crippen LogP contribution in [0.25, 0.3) is 10.9 Å². The number of halogens is 2. The molecule has 0 spiro atoms. The summed E-state index contributed by atoms with van der Waals surface area (Å²) in [5.41, 5.74) is 13.5. The molecule has 1 aromatic heterocycles. The van der Waals surface area contributed by atoms with Crippen molar-refractivity contribution in [2.45, 2.75) is 26.3 Å². The van der Waals surface area contributed by atoms with E-state index < -0.39 is 0 Å². The first-order valence-corrected chi connectivity index (χ1v) is 12.0. The van der Waals surface area contributed by atoms with Crippen molar-refractivity contribution >= 4 is 51.2 Å². The topological polar surface area (TPSA) is 77.6 Å². The van der Waals surface area contributed by atoms with Gasteiger partial charge in [-0.15, -0.1) is 0 Å². The number of fused-ring (bicyclic) bond motifs is 2. The molecule has 1 aliphatic carbocycles. The number of aromatic amines is 1. The van der Waals surface area contributed by atoms with Crippen LogP contribution in [0.2, 0.25) is 0 Å². The number of hydrogen-bond acceptors (Lipinski definition) is 4. The highest BCUT2D eigenvalue weighted by Gasteiger charge is 2.20. The summed E-state index contributed by atoms with van der Waals surface area (Å²) < 4.78 is 0. The zero-order chi connectivity index (χ0) is 23.8. The summed E-state index contributed by atoms with van der Waals surface area (Å²) in [5.74, 6) is 0.0993. The quantitative estimate of drug-likeness (QED) is 0.278. The molecule has 0 bridgehead atoms. The lowest BCUT2D eigenvalue weighted by atomic mass is 9.96. The van der Waals surface area contributed by atoms with E-state index >= 15 is 0 Å². The molecule has 4 N–H and O–H groups in total. The number of nitrogens with one attached hydrogen (secondary N) is 1. The number of aliphatic imine (C=N–C) groups is 1. The second-order valence-electron chi connectivity index (χ2n) is 8.83. The Morgan fingerprint density at radius 3 is 2.74 bits per heavy atom. The number of nitrogen functional groups attached to an aromatic ring is 1. The largest absolute Gasteiger partial charge is 0.494 e. The summed E-state index contributed by atoms with van der Waals surface area (Å²) in [7, 11) is 0. The van der Waals surface area contributed by atoms with Crippen molar-refractivity contribution in [1.82, 2.24) is 9.88 Å². The molecule has 1 aliphatic heterocycles. The average molecular weight is 493 g/mol. The van der Waals surface area contributed by atoms with Gasteiger partial charge in [-0.2, -0.15) is 0 Å². The Kier molecular flexibility index (Phi) is 6.26. The van der Waals surface area contributed by atoms with Gasteiger partial charge in [-0.3, -0.25) is 9.89 Å². The molecule has 7 heteroatoms. The van der Waals surface area contributed by atoms with Crippen LogP contribution in [0.5, 0.6) is 5.88 Å². The summed E-state index contributed by atoms with van der Waals surface area (Å²) in [6.45, 7) is 4.61. The Morgan fingerprint density at radius 2 is 1.94 bits per heavy atom. The second kappa shape index (κ2) is 9.34. The van der Waals surface area contributed by atoms with Crippen LogP contribution in [0, 0.1) is 0 Å². The normalized spacial score (nSPS) is 17.4. The average Bonchev–Trinajstić information content (AvgIpc) is 3.01. The molecule has 0 atom stereocenters. The summed E-state index contributed by atoms with van der Waals surface area (Å²) in [5, 5.41) is 12.7. The number of aromatic hydroxyl groups is 1. The number of anilines is 1. The predicted molar refractivity (Wildman–Crippen MR) is 142 cm³/mol. The Hall–Kier alpha value is -2.99. The molecule has 0 amide bonds. The first-order valence-electron chi connectivity index (χ1n) is 11.3. The van der Waals surface area contributed by atoms with Crippen LogP contribution in [0.3, 0.4) is 0 Å². The maximum absolute atomic E-state index is 10.4. The Labute approximate surface area is 208 Å². The zero-order valence-corrected chi connectivity index (χ0v) is 20.4. The lowest BCUT2D eigenvalue weighted by Gasteiger charge is -2.19. The molecule has 0 fully saturated rings. The van der Waals surface area contributed by atoms with Crippen LogP contribution in [-0.2, 0) is 6.54 Å². The molecule has 0 saturated carbocycles. The highest BCUT2D eigenvalue weighted by Crippen LogP contribution is 2.36. The SMILES string of the molecule is CC(=Nc1ccc(CN2CC=C3CC(Cl)=C(Cl)C=C3CC2)cc1)c1c(O)[nH]c2ccc(N)cc12. The van der Waals surface area contributed by atoms with Crippen LogP contribution in [0.4, 0.5) is 11.4 Å². The van der Waals surface area contributed by atoms with E-state index in [9.17, 15) is 5.11 Å². The fourth-order valence-electron chi connectivity index (χ4n) is 4.62. The molecule has 2 aromatic carbocycles. The molecule has 2 aliphatic rings. The molecule has 3 aromatic rings. The van der Waals surface area contributed by atoms with Crippen molar-refractivity contribution in [1.29, 1.82) is 0 Å². The molecule has 0 saturated heterocycles. The third kappa shape index (κ3) is 4.64. The van der Waals surface area contributed by atoms with Gasteiger partial charge in [-0.05, 0) is 66.5 Å². The van der Waals surface area contributed by atoms with Gasteiger partial charge in [-0.25, -0.2) is 0 Å². The van der Waals surface area contributed by atoms with E-state index in [0.29, 0.717) is 16.3 Å². The maximum Gasteiger partial charge on any atom is 0.198 e. The number of nitrogens with zero attached hydrogens (tertiary/aromatic N) is 2. The monoisotopic (exact) mass is 492 g/mol. The molecule has 174 valence electrons. The van der Waals surface area contributed by atoms with Crippen LogP contribution in [-0.4, -0.2) is 33.8 Å². The molecule has 0 unspecified atom stereocenters. The van der Waals surface area contributed by atoms with Gasteiger partial charge in [-0.1, -0.05) is 41.4 Å². The molecular weight excluding hydrogens is 467 g/mol. The fraction of sp³-hybridized carbons (Fsp3) is 0.222. The van der Waals surface area contributed by atoms with Gasteiger partial charge in [0.2, 0.25) is 0 Å². The highest BCUT2D eigenvalue weighted by molar-refractivity contribution is 6.40. The predicted octanol–water partition coefficient (Wildman–Crippen LogP) is 6.75. The maximum atomic E-state index is 10.4. The van der Waals surface area contributed by atoms with Crippen LogP contribution in [0.1, 0.15) is 30.9 Å². The third-order valence-corrected chi connectivity index (χ3v) is 7.19. The van der Waals surface area contributed by atoms with Crippen molar-refractivity contribution in [3.63, 3.8) is 0 Å². The zero-order valence-electron chi connectivity index (χ0n) is 18.9. The summed E-state index contributed by atoms with van der Waals surface area (Å²) in [6, 6.07) is 13.8. The third-order valence-electron chi connectivity index (χ3n) is 6.42. The number of allylic oxidation sites excluding steroid dienone is 4. The summed E-state index contributed by atoms with van der Waals surface area (Å²) in [4.78, 5) is 10.2. The van der Waals surface area contributed by atoms with E-state index in [1.54, 1.807) is 6.07 Å². The van der Waals surface area contributed by atoms with Gasteiger partial charge in [0.15, 0.2) is 5.88 Å². The van der Waals surface area contributed by atoms with E-state index in [2.05, 4.69) is 28.1 Å². The van der Waals surface area contributed by atoms with E-state index in [-0.39, 0.29) is 5.88 Å². The lowest BCUT2D eigenvalue weighted by molar-refractivity contribution is 0.302. The Bertz CT molecular complexity index is 1380. The molecule has 5 nitrogen and oxygen atoms in total. The highest BCUT2D eigenvalue weighted by atomic mass is 35.5. The first kappa shape index (κ1) is 22.8. The fourth-order valence-corrected chi connectivity index (χ4v) is 5.02. The standard InChI is InChI=1S/C27H26Cl2N4O/c1-16(26-22-14-20(30)4-7-25(22)32-27(26)34)31-21-5-2-17(3-6-21)15-33-10-8-18-12-23(28)24(29)13-19(18)9-11-33/h2-8,13-14,32,34H,9-12,15,30H2,1H3. The Morgan fingerprint density at radius 1 is 1.15 bits per heavy atom. The minimum absolute atomic E-state index is 0.0993. The molecule has 5 rings (SSSR count). The molecule has 34 heavy (non-hydrogen) atoms. The molecular formula is C27H26Cl2N4O. The van der Waals surface area contributed by atoms with Gasteiger partial charge in [0, 0.05) is 47.7 Å². The van der Waals surface area contributed by atoms with Crippen molar-refractivity contribution in [3.05, 3.63) is 87.0 Å². The summed E-state index contributed by atoms with van der Waals surface area (Å²) >= 11 is 12.5. The lowest BCUT2D eigenvalue weighted by Crippen LogP contribution is -2.23. The van der Waals surface area contributed by atoms with Gasteiger partial charge < -0.3 is 15.8 Å². The van der Waals surface area contributed by atoms with Gasteiger partial charge in [0.1, 0.15) is 0 Å². The minimum atomic E-state index is 0.0993. The Balaban J connectivity index is 1.30. The number of hydrogen-bond donors (Lipinski definition) is 3. The van der Waals surface area contributed by atoms with Crippen molar-refractivity contribution in [2.75, 3.05) is 18.8 Å². The van der Waals surface area contributed by atoms with Gasteiger partial charge >= 0.3 is 0 Å². The number of rotatable bonds is 4. The van der Waals surface area contributed by atoms with Crippen molar-refractivity contribution in [3.8, 4) is 5.88 Å². The minimum Gasteiger partial charge on any atom is -0.494 e. The van der Waals surface area contributed by atoms with E-state index in [1.807, 2.05) is 37.3 Å². The molecule has 0 radical (unpaired) electrons. The van der Waals surface area contributed by atoms with E-state index in [0.717, 1.165) is 59.8 Å². The van der Waals surface area contributed by atoms with Gasteiger partial charge in [0.05, 0.1) is 22.0 Å². The number of benzene rings is 2. The van der Waals surface area contributed by atoms with Crippen molar-refractivity contribution < 1.29 is 5.11 Å². The van der Waals surface area contributed by atoms with Crippen molar-refractivity contribution in [2.24, 2.45) is 4.99 Å². The van der Waals surface area contributed by atoms with Crippen LogP contribution < -0.4 is 5.73 Å². The summed E-state index contributed by atoms with van der Waals surface area (Å²) in [6.07, 6.45) is 5.97. The van der Waals surface area contributed by atoms with E-state index in [1.165, 1.54) is 16.7 Å². The second-order valence-corrected chi connectivity index (χ2v) is 9.69. The number of nitrogens with two attached hydrogens (primary N) is 1. The number of aromatic nitrogens is 1. The molecule has 2 heterocycles. The van der Waals surface area contributed by atoms with Gasteiger partial charge in [0.25, 0.3) is 0 Å². The number of H-pyrrole nitrogens is 1. The van der Waals surface area contributed by atoms with Crippen LogP contribution >= 0.6 is 23.2 Å². The van der Waals surface area contributed by atoms with Crippen LogP contribution in [0.15, 0.2) is 80.8 Å². The van der Waals surface area contributed by atoms with E-state index in [4.69, 9.17) is 33.9 Å². The smallest absolute Gasteiger partial charge is 0.198 e. The first-order chi connectivity index (χ1) is 16.4.